The molecule has 0 N–H and O–H groups in total. The molecule has 2 aliphatic rings. The third-order valence-corrected chi connectivity index (χ3v) is 15.7. The predicted octanol–water partition coefficient (Wildman–Crippen LogP) is 8.17. The van der Waals surface area contributed by atoms with Crippen molar-refractivity contribution in [3.63, 3.8) is 0 Å². The van der Waals surface area contributed by atoms with Gasteiger partial charge >= 0.3 is 0 Å². The van der Waals surface area contributed by atoms with Gasteiger partial charge in [0.2, 0.25) is 0 Å². The van der Waals surface area contributed by atoms with E-state index in [9.17, 15) is 0 Å². The van der Waals surface area contributed by atoms with Crippen LogP contribution in [0.2, 0.25) is 51.4 Å². The van der Waals surface area contributed by atoms with Crippen molar-refractivity contribution < 1.29 is 18.9 Å². The maximum Gasteiger partial charge on any atom is 0.146 e. The number of hydrogen-bond donors (Lipinski definition) is 0. The summed E-state index contributed by atoms with van der Waals surface area (Å²) in [5.41, 5.74) is 2.87. The molecule has 0 saturated carbocycles. The number of methoxy groups -OCH3 is 1. The first-order valence-electron chi connectivity index (χ1n) is 22.5. The fraction of sp³-hybridized carbons (Fsp3) is 0.739. The average Bonchev–Trinajstić information content (AvgIpc) is 3.90. The van der Waals surface area contributed by atoms with Gasteiger partial charge in [-0.2, -0.15) is 0 Å². The molecule has 332 valence electrons. The molecule has 2 aromatic heterocycles. The van der Waals surface area contributed by atoms with Crippen molar-refractivity contribution in [2.24, 2.45) is 16.7 Å². The molecule has 11 nitrogen and oxygen atoms in total. The Hall–Kier alpha value is -2.21. The molecule has 0 unspecified atom stereocenters. The summed E-state index contributed by atoms with van der Waals surface area (Å²) in [6.07, 6.45) is 13.3. The van der Waals surface area contributed by atoms with Gasteiger partial charge in [-0.1, -0.05) is 77.4 Å². The lowest BCUT2D eigenvalue weighted by molar-refractivity contribution is -0.0725. The minimum atomic E-state index is -1.19. The Kier molecular flexibility index (Phi) is 18.0. The van der Waals surface area contributed by atoms with Crippen LogP contribution in [0.15, 0.2) is 49.1 Å². The van der Waals surface area contributed by atoms with E-state index in [1.165, 1.54) is 63.1 Å². The highest BCUT2D eigenvalue weighted by atomic mass is 28.3. The van der Waals surface area contributed by atoms with Crippen LogP contribution in [0.25, 0.3) is 0 Å². The average molecular weight is 852 g/mol. The Bertz CT molecular complexity index is 1580. The van der Waals surface area contributed by atoms with Crippen molar-refractivity contribution in [2.75, 3.05) is 80.0 Å². The molecule has 0 aliphatic carbocycles. The lowest BCUT2D eigenvalue weighted by atomic mass is 9.77. The summed E-state index contributed by atoms with van der Waals surface area (Å²) in [7, 11) is 1.53. The molecule has 59 heavy (non-hydrogen) atoms. The zero-order valence-electron chi connectivity index (χ0n) is 38.8. The van der Waals surface area contributed by atoms with Crippen molar-refractivity contribution in [3.8, 4) is 0 Å². The van der Waals surface area contributed by atoms with Crippen molar-refractivity contribution in [1.29, 1.82) is 0 Å². The molecule has 0 atom stereocenters. The molecular weight excluding hydrogens is 771 g/mol. The van der Waals surface area contributed by atoms with Gasteiger partial charge in [0.1, 0.15) is 31.9 Å². The first kappa shape index (κ1) is 47.8. The van der Waals surface area contributed by atoms with Gasteiger partial charge in [-0.3, -0.25) is 4.90 Å². The van der Waals surface area contributed by atoms with Crippen LogP contribution in [0.5, 0.6) is 0 Å². The number of likely N-dealkylation sites (tertiary alicyclic amines) is 2. The SMILES string of the molecule is COCOCC(Cc1nccn1COCC[Si](C)(C)C)(Cc1nccn1COCC[Si](C)(C)C)CN(C)Cc1ccc(CN2CCC3(CCN(CC(C)C)CC3)C2)cc1. The maximum atomic E-state index is 6.31. The molecule has 0 radical (unpaired) electrons. The van der Waals surface area contributed by atoms with Gasteiger partial charge in [-0.05, 0) is 80.5 Å². The van der Waals surface area contributed by atoms with E-state index in [1.54, 1.807) is 7.11 Å². The Balaban J connectivity index is 1.27. The van der Waals surface area contributed by atoms with Gasteiger partial charge in [0.15, 0.2) is 0 Å². The summed E-state index contributed by atoms with van der Waals surface area (Å²) in [6.45, 7) is 31.1. The Morgan fingerprint density at radius 1 is 0.763 bits per heavy atom. The van der Waals surface area contributed by atoms with E-state index in [0.29, 0.717) is 38.3 Å². The van der Waals surface area contributed by atoms with Crippen molar-refractivity contribution in [1.82, 2.24) is 33.8 Å². The number of aromatic nitrogens is 4. The lowest BCUT2D eigenvalue weighted by Crippen LogP contribution is -2.44. The zero-order valence-corrected chi connectivity index (χ0v) is 40.8. The van der Waals surface area contributed by atoms with Crippen LogP contribution in [0.3, 0.4) is 0 Å². The molecule has 2 fully saturated rings. The van der Waals surface area contributed by atoms with Crippen LogP contribution < -0.4 is 0 Å². The summed E-state index contributed by atoms with van der Waals surface area (Å²) in [4.78, 5) is 17.6. The largest absolute Gasteiger partial charge is 0.361 e. The highest BCUT2D eigenvalue weighted by Gasteiger charge is 2.40. The smallest absolute Gasteiger partial charge is 0.146 e. The van der Waals surface area contributed by atoms with E-state index < -0.39 is 16.1 Å². The van der Waals surface area contributed by atoms with E-state index >= 15 is 0 Å². The van der Waals surface area contributed by atoms with Gasteiger partial charge < -0.3 is 37.9 Å². The Morgan fingerprint density at radius 3 is 1.80 bits per heavy atom. The van der Waals surface area contributed by atoms with Crippen LogP contribution in [-0.2, 0) is 58.3 Å². The van der Waals surface area contributed by atoms with Crippen LogP contribution in [0, 0.1) is 16.7 Å². The van der Waals surface area contributed by atoms with Crippen LogP contribution >= 0.6 is 0 Å². The van der Waals surface area contributed by atoms with E-state index in [-0.39, 0.29) is 12.2 Å². The molecular formula is C46H81N7O4Si2. The fourth-order valence-corrected chi connectivity index (χ4v) is 10.4. The third-order valence-electron chi connectivity index (χ3n) is 12.3. The predicted molar refractivity (Wildman–Crippen MR) is 246 cm³/mol. The Morgan fingerprint density at radius 2 is 1.29 bits per heavy atom. The molecule has 5 rings (SSSR count). The first-order chi connectivity index (χ1) is 28.0. The van der Waals surface area contributed by atoms with E-state index in [2.05, 4.69) is 108 Å². The highest BCUT2D eigenvalue weighted by molar-refractivity contribution is 6.76. The summed E-state index contributed by atoms with van der Waals surface area (Å²) >= 11 is 0. The number of nitrogens with zero attached hydrogens (tertiary/aromatic N) is 7. The lowest BCUT2D eigenvalue weighted by Gasteiger charge is -2.40. The van der Waals surface area contributed by atoms with Gasteiger partial charge in [0, 0.05) is 112 Å². The molecule has 3 aromatic rings. The van der Waals surface area contributed by atoms with Crippen LogP contribution in [0.1, 0.15) is 55.9 Å². The molecule has 0 amide bonds. The zero-order chi connectivity index (χ0) is 42.5. The first-order valence-corrected chi connectivity index (χ1v) is 29.9. The van der Waals surface area contributed by atoms with E-state index in [1.807, 2.05) is 24.8 Å². The normalized spacial score (nSPS) is 17.0. The van der Waals surface area contributed by atoms with E-state index in [0.717, 1.165) is 62.5 Å². The summed E-state index contributed by atoms with van der Waals surface area (Å²) in [6, 6.07) is 11.6. The standard InChI is InChI=1S/C46H81N7O4Si2/c1-40(2)31-50-20-15-45(16-21-50)17-22-51(35-45)33-42-13-11-41(12-14-42)32-49(3)34-46(36-57-39-54-4,29-43-47-18-23-52(43)37-55-25-27-58(5,6)7)30-44-48-19-24-53(44)38-56-26-28-59(8,9)10/h11-14,18-19,23-24,40H,15-17,20-22,25-39H2,1-10H3. The topological polar surface area (TPSA) is 82.3 Å². The maximum absolute atomic E-state index is 6.31. The minimum Gasteiger partial charge on any atom is -0.361 e. The van der Waals surface area contributed by atoms with Crippen molar-refractivity contribution >= 4 is 16.1 Å². The van der Waals surface area contributed by atoms with Gasteiger partial charge in [0.05, 0.1) is 6.61 Å². The number of piperidine rings is 1. The molecule has 2 aliphatic heterocycles. The number of rotatable bonds is 26. The van der Waals surface area contributed by atoms with Gasteiger partial charge in [0.25, 0.3) is 0 Å². The van der Waals surface area contributed by atoms with Gasteiger partial charge in [-0.25, -0.2) is 9.97 Å². The molecule has 2 saturated heterocycles. The fourth-order valence-electron chi connectivity index (χ4n) is 8.91. The number of ether oxygens (including phenoxy) is 4. The summed E-state index contributed by atoms with van der Waals surface area (Å²) < 4.78 is 28.5. The number of benzene rings is 1. The second-order valence-electron chi connectivity index (χ2n) is 21.1. The van der Waals surface area contributed by atoms with Crippen molar-refractivity contribution in [3.05, 3.63) is 71.8 Å². The van der Waals surface area contributed by atoms with Crippen LogP contribution in [0.4, 0.5) is 0 Å². The third kappa shape index (κ3) is 16.2. The van der Waals surface area contributed by atoms with Gasteiger partial charge in [-0.15, -0.1) is 0 Å². The molecule has 0 bridgehead atoms. The quantitative estimate of drug-likeness (QED) is 0.0452. The minimum absolute atomic E-state index is 0.226. The van der Waals surface area contributed by atoms with Crippen molar-refractivity contribution in [2.45, 2.75) is 124 Å². The summed E-state index contributed by atoms with van der Waals surface area (Å²) in [5, 5.41) is 0. The molecule has 1 spiro atoms. The second kappa shape index (κ2) is 22.2. The summed E-state index contributed by atoms with van der Waals surface area (Å²) in [5.74, 6) is 2.73. The Labute approximate surface area is 360 Å². The molecule has 13 heteroatoms. The number of hydrogen-bond acceptors (Lipinski definition) is 9. The monoisotopic (exact) mass is 852 g/mol. The second-order valence-corrected chi connectivity index (χ2v) is 32.3. The van der Waals surface area contributed by atoms with Crippen LogP contribution in [-0.4, -0.2) is 130 Å². The number of imidazole rings is 2. The molecule has 1 aromatic carbocycles. The van der Waals surface area contributed by atoms with E-state index in [4.69, 9.17) is 28.9 Å². The highest BCUT2D eigenvalue weighted by Crippen LogP contribution is 2.41. The molecule has 4 heterocycles.